The quantitative estimate of drug-likeness (QED) is 0.783. The summed E-state index contributed by atoms with van der Waals surface area (Å²) in [4.78, 5) is 16.4. The van der Waals surface area contributed by atoms with E-state index in [0.29, 0.717) is 0 Å². The summed E-state index contributed by atoms with van der Waals surface area (Å²) in [6, 6.07) is 16.8. The molecule has 1 N–H and O–H groups in total. The molecule has 116 valence electrons. The highest BCUT2D eigenvalue weighted by atomic mass is 32.1. The molecule has 3 rings (SSSR count). The van der Waals surface area contributed by atoms with E-state index in [9.17, 15) is 4.79 Å². The zero-order valence-corrected chi connectivity index (χ0v) is 13.5. The molecule has 2 aromatic carbocycles. The summed E-state index contributed by atoms with van der Waals surface area (Å²) >= 11 is 1.58. The van der Waals surface area contributed by atoms with Crippen molar-refractivity contribution in [1.29, 1.82) is 0 Å². The molecule has 0 radical (unpaired) electrons. The summed E-state index contributed by atoms with van der Waals surface area (Å²) < 4.78 is 2.16. The largest absolute Gasteiger partial charge is 0.478 e. The van der Waals surface area contributed by atoms with Crippen LogP contribution < -0.4 is 4.80 Å². The van der Waals surface area contributed by atoms with Crippen molar-refractivity contribution >= 4 is 23.0 Å². The van der Waals surface area contributed by atoms with Crippen molar-refractivity contribution in [1.82, 2.24) is 4.57 Å². The van der Waals surface area contributed by atoms with Crippen molar-refractivity contribution < 1.29 is 9.90 Å². The van der Waals surface area contributed by atoms with Crippen molar-refractivity contribution in [2.24, 2.45) is 4.99 Å². The van der Waals surface area contributed by atoms with Crippen molar-refractivity contribution in [3.8, 4) is 11.3 Å². The Labute approximate surface area is 138 Å². The number of thiazole rings is 1. The number of nitrogens with zero attached hydrogens (tertiary/aromatic N) is 2. The lowest BCUT2D eigenvalue weighted by Crippen LogP contribution is -2.14. The summed E-state index contributed by atoms with van der Waals surface area (Å²) in [6.07, 6.45) is 0. The Morgan fingerprint density at radius 2 is 1.83 bits per heavy atom. The van der Waals surface area contributed by atoms with Gasteiger partial charge in [0.15, 0.2) is 4.80 Å². The maximum atomic E-state index is 10.9. The average molecular weight is 324 g/mol. The maximum absolute atomic E-state index is 10.9. The maximum Gasteiger partial charge on any atom is 0.335 e. The summed E-state index contributed by atoms with van der Waals surface area (Å²) in [5.41, 5.74) is 3.31. The molecule has 0 atom stereocenters. The van der Waals surface area contributed by atoms with E-state index in [-0.39, 0.29) is 5.56 Å². The molecule has 3 aromatic rings. The van der Waals surface area contributed by atoms with Crippen LogP contribution in [0.4, 0.5) is 5.69 Å². The van der Waals surface area contributed by atoms with Crippen molar-refractivity contribution in [3.05, 3.63) is 70.3 Å². The van der Waals surface area contributed by atoms with Gasteiger partial charge in [0, 0.05) is 11.9 Å². The van der Waals surface area contributed by atoms with Gasteiger partial charge in [-0.3, -0.25) is 0 Å². The van der Waals surface area contributed by atoms with Crippen LogP contribution in [0.15, 0.2) is 65.0 Å². The van der Waals surface area contributed by atoms with Crippen molar-refractivity contribution in [2.75, 3.05) is 0 Å². The van der Waals surface area contributed by atoms with Gasteiger partial charge in [0.2, 0.25) is 0 Å². The molecule has 0 aliphatic heterocycles. The molecule has 0 aliphatic rings. The standard InChI is InChI=1S/C18H16N2O2S/c1-2-20-16(13-6-4-3-5-7-13)12-23-18(20)19-15-10-8-14(9-11-15)17(21)22/h3-12H,2H2,1H3,(H,21,22)/b19-18-. The Kier molecular flexibility index (Phi) is 4.39. The summed E-state index contributed by atoms with van der Waals surface area (Å²) in [7, 11) is 0. The van der Waals surface area contributed by atoms with Gasteiger partial charge in [0.05, 0.1) is 16.9 Å². The minimum absolute atomic E-state index is 0.267. The van der Waals surface area contributed by atoms with Crippen LogP contribution >= 0.6 is 11.3 Å². The van der Waals surface area contributed by atoms with E-state index in [1.807, 2.05) is 18.2 Å². The molecule has 0 bridgehead atoms. The van der Waals surface area contributed by atoms with Crippen LogP contribution in [-0.2, 0) is 6.54 Å². The summed E-state index contributed by atoms with van der Waals surface area (Å²) in [6.45, 7) is 2.91. The van der Waals surface area contributed by atoms with Gasteiger partial charge in [-0.25, -0.2) is 9.79 Å². The summed E-state index contributed by atoms with van der Waals surface area (Å²) in [5.74, 6) is -0.928. The molecule has 0 aliphatic carbocycles. The second kappa shape index (κ2) is 6.62. The van der Waals surface area contributed by atoms with Gasteiger partial charge in [0.1, 0.15) is 0 Å². The first kappa shape index (κ1) is 15.2. The first-order valence-electron chi connectivity index (χ1n) is 7.31. The number of rotatable bonds is 4. The lowest BCUT2D eigenvalue weighted by Gasteiger charge is -2.05. The molecule has 0 amide bonds. The van der Waals surface area contributed by atoms with Gasteiger partial charge in [-0.15, -0.1) is 11.3 Å². The number of carboxylic acid groups (broad SMARTS) is 1. The number of hydrogen-bond donors (Lipinski definition) is 1. The third-order valence-electron chi connectivity index (χ3n) is 3.52. The monoisotopic (exact) mass is 324 g/mol. The number of carbonyl (C=O) groups is 1. The molecule has 4 nitrogen and oxygen atoms in total. The zero-order chi connectivity index (χ0) is 16.2. The highest BCUT2D eigenvalue weighted by molar-refractivity contribution is 7.07. The van der Waals surface area contributed by atoms with Crippen molar-refractivity contribution in [2.45, 2.75) is 13.5 Å². The zero-order valence-electron chi connectivity index (χ0n) is 12.6. The van der Waals surface area contributed by atoms with Gasteiger partial charge in [0.25, 0.3) is 0 Å². The molecule has 5 heteroatoms. The normalized spacial score (nSPS) is 11.6. The molecular weight excluding hydrogens is 308 g/mol. The Hall–Kier alpha value is -2.66. The van der Waals surface area contributed by atoms with E-state index >= 15 is 0 Å². The number of aromatic nitrogens is 1. The Morgan fingerprint density at radius 3 is 2.43 bits per heavy atom. The first-order valence-corrected chi connectivity index (χ1v) is 8.19. The van der Waals surface area contributed by atoms with E-state index < -0.39 is 5.97 Å². The lowest BCUT2D eigenvalue weighted by atomic mass is 10.2. The first-order chi connectivity index (χ1) is 11.2. The van der Waals surface area contributed by atoms with E-state index in [2.05, 4.69) is 34.0 Å². The van der Waals surface area contributed by atoms with Crippen LogP contribution in [-0.4, -0.2) is 15.6 Å². The number of aromatic carboxylic acids is 1. The van der Waals surface area contributed by atoms with Crippen LogP contribution in [0.1, 0.15) is 17.3 Å². The van der Waals surface area contributed by atoms with Gasteiger partial charge in [-0.2, -0.15) is 0 Å². The Morgan fingerprint density at radius 1 is 1.13 bits per heavy atom. The number of hydrogen-bond acceptors (Lipinski definition) is 3. The van der Waals surface area contributed by atoms with Crippen LogP contribution in [0.5, 0.6) is 0 Å². The third-order valence-corrected chi connectivity index (χ3v) is 4.39. The molecule has 0 unspecified atom stereocenters. The molecule has 0 saturated heterocycles. The highest BCUT2D eigenvalue weighted by Gasteiger charge is 2.06. The van der Waals surface area contributed by atoms with Crippen LogP contribution in [0.25, 0.3) is 11.3 Å². The topological polar surface area (TPSA) is 54.6 Å². The molecule has 0 saturated carbocycles. The van der Waals surface area contributed by atoms with Crippen LogP contribution in [0, 0.1) is 0 Å². The minimum Gasteiger partial charge on any atom is -0.478 e. The molecule has 1 heterocycles. The van der Waals surface area contributed by atoms with Crippen LogP contribution in [0.2, 0.25) is 0 Å². The third kappa shape index (κ3) is 3.24. The van der Waals surface area contributed by atoms with Gasteiger partial charge in [-0.1, -0.05) is 30.3 Å². The van der Waals surface area contributed by atoms with E-state index in [4.69, 9.17) is 5.11 Å². The van der Waals surface area contributed by atoms with E-state index in [0.717, 1.165) is 28.3 Å². The Balaban J connectivity index is 2.03. The van der Waals surface area contributed by atoms with Gasteiger partial charge >= 0.3 is 5.97 Å². The van der Waals surface area contributed by atoms with Crippen LogP contribution in [0.3, 0.4) is 0 Å². The fraction of sp³-hybridized carbons (Fsp3) is 0.111. The predicted molar refractivity (Wildman–Crippen MR) is 92.0 cm³/mol. The van der Waals surface area contributed by atoms with E-state index in [1.165, 1.54) is 0 Å². The fourth-order valence-corrected chi connectivity index (χ4v) is 3.35. The van der Waals surface area contributed by atoms with E-state index in [1.54, 1.807) is 35.6 Å². The lowest BCUT2D eigenvalue weighted by molar-refractivity contribution is 0.0697. The second-order valence-electron chi connectivity index (χ2n) is 4.98. The molecule has 1 aromatic heterocycles. The second-order valence-corrected chi connectivity index (χ2v) is 5.81. The van der Waals surface area contributed by atoms with Gasteiger partial charge in [-0.05, 0) is 36.8 Å². The fourth-order valence-electron chi connectivity index (χ4n) is 2.35. The Bertz CT molecular complexity index is 877. The minimum atomic E-state index is -0.928. The molecule has 23 heavy (non-hydrogen) atoms. The van der Waals surface area contributed by atoms with Crippen molar-refractivity contribution in [3.63, 3.8) is 0 Å². The number of benzene rings is 2. The highest BCUT2D eigenvalue weighted by Crippen LogP contribution is 2.20. The summed E-state index contributed by atoms with van der Waals surface area (Å²) in [5, 5.41) is 11.0. The SMILES string of the molecule is CCn1c(-c2ccccc2)cs/c1=N\c1ccc(C(=O)O)cc1. The average Bonchev–Trinajstić information content (AvgIpc) is 2.98. The smallest absolute Gasteiger partial charge is 0.335 e. The molecular formula is C18H16N2O2S. The van der Waals surface area contributed by atoms with Gasteiger partial charge < -0.3 is 9.67 Å². The predicted octanol–water partition coefficient (Wildman–Crippen LogP) is 4.17. The molecule has 0 fully saturated rings. The number of carboxylic acids is 1. The molecule has 0 spiro atoms.